The molecular weight excluding hydrogens is 158 g/mol. The van der Waals surface area contributed by atoms with Crippen molar-refractivity contribution in [3.8, 4) is 5.75 Å². The van der Waals surface area contributed by atoms with Crippen LogP contribution >= 0.6 is 0 Å². The summed E-state index contributed by atoms with van der Waals surface area (Å²) in [5.74, 6) is -0.730. The lowest BCUT2D eigenvalue weighted by atomic mass is 10.3. The van der Waals surface area contributed by atoms with Gasteiger partial charge in [0, 0.05) is 0 Å². The first-order chi connectivity index (χ1) is 5.70. The molecule has 12 heavy (non-hydrogen) atoms. The summed E-state index contributed by atoms with van der Waals surface area (Å²) in [5.41, 5.74) is 5.13. The fourth-order valence-corrected chi connectivity index (χ4v) is 0.696. The molecule has 0 heterocycles. The van der Waals surface area contributed by atoms with Gasteiger partial charge in [-0.25, -0.2) is 4.79 Å². The molecule has 0 aliphatic carbocycles. The van der Waals surface area contributed by atoms with E-state index in [9.17, 15) is 4.79 Å². The third kappa shape index (κ3) is 2.25. The molecule has 0 saturated carbocycles. The standard InChI is InChI=1S/C8H9NO3/c9-7(8(10)11)12-6-4-2-1-3-5-6/h1-5,7H,9H2,(H,10,11). The lowest BCUT2D eigenvalue weighted by molar-refractivity contribution is -0.144. The monoisotopic (exact) mass is 167 g/mol. The van der Waals surface area contributed by atoms with Gasteiger partial charge < -0.3 is 9.84 Å². The molecule has 0 fully saturated rings. The molecule has 0 spiro atoms. The van der Waals surface area contributed by atoms with Gasteiger partial charge in [0.25, 0.3) is 0 Å². The second-order valence-electron chi connectivity index (χ2n) is 2.19. The predicted molar refractivity (Wildman–Crippen MR) is 42.7 cm³/mol. The minimum Gasteiger partial charge on any atom is -0.477 e. The summed E-state index contributed by atoms with van der Waals surface area (Å²) in [5, 5.41) is 8.39. The molecule has 3 N–H and O–H groups in total. The molecule has 0 aliphatic heterocycles. The fourth-order valence-electron chi connectivity index (χ4n) is 0.696. The Labute approximate surface area is 69.6 Å². The molecule has 0 aliphatic rings. The van der Waals surface area contributed by atoms with Crippen LogP contribution in [0.3, 0.4) is 0 Å². The van der Waals surface area contributed by atoms with Crippen molar-refractivity contribution >= 4 is 5.97 Å². The average molecular weight is 167 g/mol. The molecular formula is C8H9NO3. The molecule has 1 aromatic rings. The smallest absolute Gasteiger partial charge is 0.360 e. The number of hydrogen-bond acceptors (Lipinski definition) is 3. The summed E-state index contributed by atoms with van der Waals surface area (Å²) in [6.45, 7) is 0. The van der Waals surface area contributed by atoms with Crippen LogP contribution in [0.2, 0.25) is 0 Å². The van der Waals surface area contributed by atoms with Gasteiger partial charge in [-0.3, -0.25) is 5.73 Å². The van der Waals surface area contributed by atoms with Crippen LogP contribution in [0, 0.1) is 0 Å². The lowest BCUT2D eigenvalue weighted by Crippen LogP contribution is -2.35. The molecule has 1 unspecified atom stereocenters. The number of carboxylic acids is 1. The number of aliphatic carboxylic acids is 1. The van der Waals surface area contributed by atoms with Crippen molar-refractivity contribution in [1.29, 1.82) is 0 Å². The fraction of sp³-hybridized carbons (Fsp3) is 0.125. The number of para-hydroxylation sites is 1. The topological polar surface area (TPSA) is 72.5 Å². The third-order valence-corrected chi connectivity index (χ3v) is 1.25. The highest BCUT2D eigenvalue weighted by atomic mass is 16.5. The largest absolute Gasteiger partial charge is 0.477 e. The van der Waals surface area contributed by atoms with E-state index in [1.807, 2.05) is 0 Å². The van der Waals surface area contributed by atoms with E-state index < -0.39 is 12.2 Å². The van der Waals surface area contributed by atoms with Crippen LogP contribution < -0.4 is 10.5 Å². The Morgan fingerprint density at radius 3 is 2.50 bits per heavy atom. The van der Waals surface area contributed by atoms with Crippen LogP contribution in [0.1, 0.15) is 0 Å². The van der Waals surface area contributed by atoms with Gasteiger partial charge in [0.15, 0.2) is 0 Å². The summed E-state index contributed by atoms with van der Waals surface area (Å²) in [6.07, 6.45) is -1.30. The second kappa shape index (κ2) is 3.73. The first-order valence-electron chi connectivity index (χ1n) is 3.40. The molecule has 0 aromatic heterocycles. The van der Waals surface area contributed by atoms with Gasteiger partial charge >= 0.3 is 5.97 Å². The quantitative estimate of drug-likeness (QED) is 0.640. The Balaban J connectivity index is 2.58. The summed E-state index contributed by atoms with van der Waals surface area (Å²) >= 11 is 0. The molecule has 4 nitrogen and oxygen atoms in total. The molecule has 0 radical (unpaired) electrons. The van der Waals surface area contributed by atoms with Crippen LogP contribution in [-0.4, -0.2) is 17.3 Å². The summed E-state index contributed by atoms with van der Waals surface area (Å²) < 4.78 is 4.85. The number of benzene rings is 1. The van der Waals surface area contributed by atoms with Crippen LogP contribution in [0.4, 0.5) is 0 Å². The predicted octanol–water partition coefficient (Wildman–Crippen LogP) is 0.435. The zero-order chi connectivity index (χ0) is 8.97. The highest BCUT2D eigenvalue weighted by molar-refractivity contribution is 5.71. The number of carbonyl (C=O) groups is 1. The maximum absolute atomic E-state index is 10.3. The molecule has 0 amide bonds. The van der Waals surface area contributed by atoms with Crippen molar-refractivity contribution in [2.45, 2.75) is 6.23 Å². The maximum Gasteiger partial charge on any atom is 0.360 e. The molecule has 1 aromatic carbocycles. The van der Waals surface area contributed by atoms with Crippen LogP contribution in [0.5, 0.6) is 5.75 Å². The van der Waals surface area contributed by atoms with E-state index in [0.29, 0.717) is 5.75 Å². The minimum absolute atomic E-state index is 0.451. The summed E-state index contributed by atoms with van der Waals surface area (Å²) in [7, 11) is 0. The highest BCUT2D eigenvalue weighted by Gasteiger charge is 2.11. The van der Waals surface area contributed by atoms with Crippen LogP contribution in [0.15, 0.2) is 30.3 Å². The Morgan fingerprint density at radius 1 is 1.42 bits per heavy atom. The Kier molecular flexibility index (Phi) is 2.66. The number of carboxylic acid groups (broad SMARTS) is 1. The minimum atomic E-state index is -1.30. The van der Waals surface area contributed by atoms with E-state index in [-0.39, 0.29) is 0 Å². The van der Waals surface area contributed by atoms with Gasteiger partial charge in [0.1, 0.15) is 5.75 Å². The maximum atomic E-state index is 10.3. The lowest BCUT2D eigenvalue weighted by Gasteiger charge is -2.08. The Bertz CT molecular complexity index is 260. The number of rotatable bonds is 3. The SMILES string of the molecule is NC(Oc1ccccc1)C(=O)O. The van der Waals surface area contributed by atoms with Gasteiger partial charge in [0.05, 0.1) is 0 Å². The molecule has 1 atom stereocenters. The highest BCUT2D eigenvalue weighted by Crippen LogP contribution is 2.08. The first kappa shape index (κ1) is 8.55. The van der Waals surface area contributed by atoms with Gasteiger partial charge in [-0.05, 0) is 12.1 Å². The Hall–Kier alpha value is -1.55. The summed E-state index contributed by atoms with van der Waals surface area (Å²) in [4.78, 5) is 10.3. The molecule has 4 heteroatoms. The second-order valence-corrected chi connectivity index (χ2v) is 2.19. The van der Waals surface area contributed by atoms with E-state index in [1.54, 1.807) is 30.3 Å². The van der Waals surface area contributed by atoms with E-state index in [0.717, 1.165) is 0 Å². The van der Waals surface area contributed by atoms with Gasteiger partial charge in [-0.2, -0.15) is 0 Å². The zero-order valence-corrected chi connectivity index (χ0v) is 6.31. The van der Waals surface area contributed by atoms with Crippen LogP contribution in [-0.2, 0) is 4.79 Å². The van der Waals surface area contributed by atoms with Crippen LogP contribution in [0.25, 0.3) is 0 Å². The van der Waals surface area contributed by atoms with Crippen molar-refractivity contribution in [3.63, 3.8) is 0 Å². The van der Waals surface area contributed by atoms with E-state index >= 15 is 0 Å². The zero-order valence-electron chi connectivity index (χ0n) is 6.31. The number of nitrogens with two attached hydrogens (primary N) is 1. The molecule has 1 rings (SSSR count). The molecule has 0 saturated heterocycles. The van der Waals surface area contributed by atoms with E-state index in [2.05, 4.69) is 0 Å². The van der Waals surface area contributed by atoms with Crippen molar-refractivity contribution < 1.29 is 14.6 Å². The van der Waals surface area contributed by atoms with Gasteiger partial charge in [-0.1, -0.05) is 18.2 Å². The van der Waals surface area contributed by atoms with Crippen molar-refractivity contribution in [2.75, 3.05) is 0 Å². The molecule has 0 bridgehead atoms. The van der Waals surface area contributed by atoms with Crippen molar-refractivity contribution in [3.05, 3.63) is 30.3 Å². The molecule has 64 valence electrons. The first-order valence-corrected chi connectivity index (χ1v) is 3.40. The van der Waals surface area contributed by atoms with E-state index in [1.165, 1.54) is 0 Å². The third-order valence-electron chi connectivity index (χ3n) is 1.25. The van der Waals surface area contributed by atoms with Gasteiger partial charge in [0.2, 0.25) is 6.23 Å². The number of ether oxygens (including phenoxy) is 1. The Morgan fingerprint density at radius 2 is 2.00 bits per heavy atom. The summed E-state index contributed by atoms with van der Waals surface area (Å²) in [6, 6.07) is 8.57. The van der Waals surface area contributed by atoms with Crippen molar-refractivity contribution in [1.82, 2.24) is 0 Å². The average Bonchev–Trinajstić information content (AvgIpc) is 2.06. The normalized spacial score (nSPS) is 12.1. The number of hydrogen-bond donors (Lipinski definition) is 2. The van der Waals surface area contributed by atoms with E-state index in [4.69, 9.17) is 15.6 Å². The van der Waals surface area contributed by atoms with Crippen molar-refractivity contribution in [2.24, 2.45) is 5.73 Å². The van der Waals surface area contributed by atoms with Gasteiger partial charge in [-0.15, -0.1) is 0 Å².